The van der Waals surface area contributed by atoms with E-state index in [1.165, 1.54) is 16.5 Å². The molecule has 1 heterocycles. The van der Waals surface area contributed by atoms with Crippen molar-refractivity contribution in [3.05, 3.63) is 65.0 Å². The van der Waals surface area contributed by atoms with E-state index in [1.54, 1.807) is 18.2 Å². The lowest BCUT2D eigenvalue weighted by Crippen LogP contribution is -2.31. The van der Waals surface area contributed by atoms with Crippen LogP contribution in [0.3, 0.4) is 0 Å². The molecule has 0 radical (unpaired) electrons. The summed E-state index contributed by atoms with van der Waals surface area (Å²) in [6.45, 7) is 3.89. The minimum atomic E-state index is -0.379. The van der Waals surface area contributed by atoms with Crippen LogP contribution in [-0.2, 0) is 13.1 Å². The third-order valence-corrected chi connectivity index (χ3v) is 3.79. The van der Waals surface area contributed by atoms with Crippen LogP contribution >= 0.6 is 0 Å². The average Bonchev–Trinajstić information content (AvgIpc) is 2.97. The molecule has 21 heavy (non-hydrogen) atoms. The number of anilines is 1. The van der Waals surface area contributed by atoms with Gasteiger partial charge in [-0.3, -0.25) is 4.79 Å². The molecule has 0 bridgehead atoms. The largest absolute Gasteiger partial charge is 0.309 e. The number of benzene rings is 2. The molecule has 4 heteroatoms. The van der Waals surface area contributed by atoms with Crippen molar-refractivity contribution in [3.8, 4) is 0 Å². The van der Waals surface area contributed by atoms with E-state index in [-0.39, 0.29) is 11.7 Å². The molecule has 3 nitrogen and oxygen atoms in total. The molecule has 3 rings (SSSR count). The quantitative estimate of drug-likeness (QED) is 0.939. The molecule has 0 saturated heterocycles. The molecular weight excluding hydrogens is 267 g/mol. The molecule has 2 aromatic rings. The maximum Gasteiger partial charge on any atom is 0.258 e. The zero-order chi connectivity index (χ0) is 14.8. The average molecular weight is 284 g/mol. The number of rotatable bonds is 3. The first kappa shape index (κ1) is 13.8. The van der Waals surface area contributed by atoms with E-state index < -0.39 is 0 Å². The predicted molar refractivity (Wildman–Crippen MR) is 80.7 cm³/mol. The van der Waals surface area contributed by atoms with Gasteiger partial charge < -0.3 is 10.2 Å². The molecule has 1 N–H and O–H groups in total. The van der Waals surface area contributed by atoms with Crippen LogP contribution in [0, 0.1) is 5.82 Å². The Morgan fingerprint density at radius 2 is 1.95 bits per heavy atom. The van der Waals surface area contributed by atoms with Gasteiger partial charge in [0.1, 0.15) is 5.82 Å². The van der Waals surface area contributed by atoms with Crippen LogP contribution in [0.25, 0.3) is 0 Å². The second kappa shape index (κ2) is 5.66. The molecule has 0 aromatic heterocycles. The van der Waals surface area contributed by atoms with Gasteiger partial charge in [0, 0.05) is 25.2 Å². The van der Waals surface area contributed by atoms with Gasteiger partial charge in [-0.25, -0.2) is 4.39 Å². The third-order valence-electron chi connectivity index (χ3n) is 3.79. The van der Waals surface area contributed by atoms with Gasteiger partial charge in [0.2, 0.25) is 0 Å². The summed E-state index contributed by atoms with van der Waals surface area (Å²) in [5.74, 6) is -0.548. The Balaban J connectivity index is 1.94. The summed E-state index contributed by atoms with van der Waals surface area (Å²) >= 11 is 0. The molecule has 0 spiro atoms. The van der Waals surface area contributed by atoms with E-state index in [0.717, 1.165) is 18.7 Å². The van der Waals surface area contributed by atoms with Gasteiger partial charge in [-0.15, -0.1) is 0 Å². The number of fused-ring (bicyclic) bond motifs is 1. The molecule has 1 amide bonds. The van der Waals surface area contributed by atoms with Crippen molar-refractivity contribution >= 4 is 11.6 Å². The van der Waals surface area contributed by atoms with E-state index in [1.807, 2.05) is 25.1 Å². The standard InChI is InChI=1S/C17H17FN2O/c1-2-20(16-6-4-3-5-15(16)18)17(21)12-7-8-13-10-19-11-14(13)9-12/h3-9,19H,2,10-11H2,1H3. The van der Waals surface area contributed by atoms with Crippen LogP contribution in [0.4, 0.5) is 10.1 Å². The van der Waals surface area contributed by atoms with E-state index in [9.17, 15) is 9.18 Å². The highest BCUT2D eigenvalue weighted by Crippen LogP contribution is 2.23. The van der Waals surface area contributed by atoms with Crippen LogP contribution in [-0.4, -0.2) is 12.5 Å². The molecule has 2 aromatic carbocycles. The monoisotopic (exact) mass is 284 g/mol. The summed E-state index contributed by atoms with van der Waals surface area (Å²) in [5, 5.41) is 3.25. The Kier molecular flexibility index (Phi) is 3.71. The van der Waals surface area contributed by atoms with E-state index in [2.05, 4.69) is 5.32 Å². The van der Waals surface area contributed by atoms with Crippen molar-refractivity contribution in [2.75, 3.05) is 11.4 Å². The fourth-order valence-corrected chi connectivity index (χ4v) is 2.68. The number of nitrogens with zero attached hydrogens (tertiary/aromatic N) is 1. The Morgan fingerprint density at radius 3 is 2.71 bits per heavy atom. The maximum absolute atomic E-state index is 13.9. The second-order valence-corrected chi connectivity index (χ2v) is 5.09. The number of carbonyl (C=O) groups excluding carboxylic acids is 1. The molecule has 108 valence electrons. The molecule has 0 fully saturated rings. The molecular formula is C17H17FN2O. The highest BCUT2D eigenvalue weighted by molar-refractivity contribution is 6.06. The Labute approximate surface area is 123 Å². The van der Waals surface area contributed by atoms with E-state index >= 15 is 0 Å². The number of hydrogen-bond acceptors (Lipinski definition) is 2. The zero-order valence-corrected chi connectivity index (χ0v) is 11.9. The highest BCUT2D eigenvalue weighted by atomic mass is 19.1. The summed E-state index contributed by atoms with van der Waals surface area (Å²) in [6.07, 6.45) is 0. The van der Waals surface area contributed by atoms with Crippen molar-refractivity contribution in [1.29, 1.82) is 0 Å². The van der Waals surface area contributed by atoms with Gasteiger partial charge >= 0.3 is 0 Å². The van der Waals surface area contributed by atoms with Crippen molar-refractivity contribution in [2.45, 2.75) is 20.0 Å². The number of carbonyl (C=O) groups is 1. The normalized spacial score (nSPS) is 13.0. The molecule has 1 aliphatic heterocycles. The Morgan fingerprint density at radius 1 is 1.19 bits per heavy atom. The molecule has 0 unspecified atom stereocenters. The summed E-state index contributed by atoms with van der Waals surface area (Å²) in [5.41, 5.74) is 3.29. The summed E-state index contributed by atoms with van der Waals surface area (Å²) < 4.78 is 13.9. The number of halogens is 1. The summed E-state index contributed by atoms with van der Waals surface area (Å²) in [4.78, 5) is 14.1. The number of nitrogens with one attached hydrogen (secondary N) is 1. The molecule has 0 atom stereocenters. The lowest BCUT2D eigenvalue weighted by molar-refractivity contribution is 0.0987. The van der Waals surface area contributed by atoms with Crippen LogP contribution in [0.1, 0.15) is 28.4 Å². The Hall–Kier alpha value is -2.20. The van der Waals surface area contributed by atoms with E-state index in [0.29, 0.717) is 17.8 Å². The van der Waals surface area contributed by atoms with Gasteiger partial charge in [-0.2, -0.15) is 0 Å². The van der Waals surface area contributed by atoms with Crippen molar-refractivity contribution in [3.63, 3.8) is 0 Å². The minimum absolute atomic E-state index is 0.169. The fraction of sp³-hybridized carbons (Fsp3) is 0.235. The second-order valence-electron chi connectivity index (χ2n) is 5.09. The lowest BCUT2D eigenvalue weighted by Gasteiger charge is -2.22. The SMILES string of the molecule is CCN(C(=O)c1ccc2c(c1)CNC2)c1ccccc1F. The Bertz CT molecular complexity index is 684. The first-order chi connectivity index (χ1) is 10.2. The first-order valence-corrected chi connectivity index (χ1v) is 7.09. The number of amides is 1. The molecule has 0 saturated carbocycles. The number of para-hydroxylation sites is 1. The predicted octanol–water partition coefficient (Wildman–Crippen LogP) is 3.10. The lowest BCUT2D eigenvalue weighted by atomic mass is 10.1. The van der Waals surface area contributed by atoms with Crippen molar-refractivity contribution < 1.29 is 9.18 Å². The smallest absolute Gasteiger partial charge is 0.258 e. The first-order valence-electron chi connectivity index (χ1n) is 7.09. The van der Waals surface area contributed by atoms with Crippen LogP contribution in [0.15, 0.2) is 42.5 Å². The topological polar surface area (TPSA) is 32.3 Å². The van der Waals surface area contributed by atoms with Gasteiger partial charge in [0.15, 0.2) is 0 Å². The summed E-state index contributed by atoms with van der Waals surface area (Å²) in [6, 6.07) is 12.1. The minimum Gasteiger partial charge on any atom is -0.309 e. The molecule has 1 aliphatic rings. The highest BCUT2D eigenvalue weighted by Gasteiger charge is 2.20. The van der Waals surface area contributed by atoms with Gasteiger partial charge in [-0.05, 0) is 42.3 Å². The third kappa shape index (κ3) is 2.54. The van der Waals surface area contributed by atoms with Crippen LogP contribution in [0.2, 0.25) is 0 Å². The van der Waals surface area contributed by atoms with Gasteiger partial charge in [0.25, 0.3) is 5.91 Å². The van der Waals surface area contributed by atoms with Gasteiger partial charge in [-0.1, -0.05) is 18.2 Å². The van der Waals surface area contributed by atoms with Crippen LogP contribution < -0.4 is 10.2 Å². The van der Waals surface area contributed by atoms with E-state index in [4.69, 9.17) is 0 Å². The van der Waals surface area contributed by atoms with Crippen LogP contribution in [0.5, 0.6) is 0 Å². The summed E-state index contributed by atoms with van der Waals surface area (Å²) in [7, 11) is 0. The van der Waals surface area contributed by atoms with Gasteiger partial charge in [0.05, 0.1) is 5.69 Å². The molecule has 0 aliphatic carbocycles. The zero-order valence-electron chi connectivity index (χ0n) is 11.9. The fourth-order valence-electron chi connectivity index (χ4n) is 2.68. The number of hydrogen-bond donors (Lipinski definition) is 1. The maximum atomic E-state index is 13.9. The van der Waals surface area contributed by atoms with Crippen molar-refractivity contribution in [1.82, 2.24) is 5.32 Å². The van der Waals surface area contributed by atoms with Crippen molar-refractivity contribution in [2.24, 2.45) is 0 Å².